The summed E-state index contributed by atoms with van der Waals surface area (Å²) in [6.45, 7) is 9.27. The molecule has 2 N–H and O–H groups in total. The zero-order chi connectivity index (χ0) is 29.1. The third-order valence-electron chi connectivity index (χ3n) is 5.68. The number of cyclic esters (lactones) is 1. The monoisotopic (exact) mass is 539 g/mol. The number of carbonyl (C=O) groups excluding carboxylic acids is 4. The Morgan fingerprint density at radius 3 is 2.54 bits per heavy atom. The number of esters is 2. The summed E-state index contributed by atoms with van der Waals surface area (Å²) in [4.78, 5) is 62.0. The predicted octanol–water partition coefficient (Wildman–Crippen LogP) is 2.43. The Hall–Kier alpha value is -4.38. The van der Waals surface area contributed by atoms with Crippen molar-refractivity contribution in [3.05, 3.63) is 63.4 Å². The maximum absolute atomic E-state index is 13.2. The Morgan fingerprint density at radius 2 is 1.85 bits per heavy atom. The van der Waals surface area contributed by atoms with Crippen LogP contribution in [-0.2, 0) is 41.8 Å². The number of carbonyl (C=O) groups is 4. The van der Waals surface area contributed by atoms with E-state index in [1.54, 1.807) is 10.6 Å². The number of aliphatic hydroxyl groups excluding tert-OH is 1. The van der Waals surface area contributed by atoms with Crippen LogP contribution >= 0.6 is 0 Å². The lowest BCUT2D eigenvalue weighted by molar-refractivity contribution is -0.171. The second-order valence-electron chi connectivity index (χ2n) is 7.77. The Balaban J connectivity index is 0.000000833. The van der Waals surface area contributed by atoms with Gasteiger partial charge in [-0.25, -0.2) is 9.78 Å². The first-order valence-corrected chi connectivity index (χ1v) is 12.6. The van der Waals surface area contributed by atoms with Crippen molar-refractivity contribution in [1.82, 2.24) is 14.9 Å². The van der Waals surface area contributed by atoms with Gasteiger partial charge in [0.15, 0.2) is 0 Å². The van der Waals surface area contributed by atoms with Gasteiger partial charge in [-0.15, -0.1) is 0 Å². The third-order valence-corrected chi connectivity index (χ3v) is 5.68. The zero-order valence-electron chi connectivity index (χ0n) is 22.5. The molecule has 11 nitrogen and oxygen atoms in total. The summed E-state index contributed by atoms with van der Waals surface area (Å²) in [5.74, 6) is -2.21. The van der Waals surface area contributed by atoms with Crippen LogP contribution in [-0.4, -0.2) is 52.4 Å². The van der Waals surface area contributed by atoms with E-state index in [1.165, 1.54) is 0 Å². The van der Waals surface area contributed by atoms with Gasteiger partial charge in [-0.2, -0.15) is 0 Å². The van der Waals surface area contributed by atoms with Crippen LogP contribution in [0.4, 0.5) is 0 Å². The molecule has 1 atom stereocenters. The molecule has 2 aliphatic heterocycles. The first-order valence-electron chi connectivity index (χ1n) is 12.6. The van der Waals surface area contributed by atoms with Crippen molar-refractivity contribution in [2.24, 2.45) is 0 Å². The van der Waals surface area contributed by atoms with Gasteiger partial charge in [-0.05, 0) is 18.2 Å². The summed E-state index contributed by atoms with van der Waals surface area (Å²) in [7, 11) is 0. The highest BCUT2D eigenvalue weighted by Crippen LogP contribution is 2.36. The molecule has 208 valence electrons. The Morgan fingerprint density at radius 1 is 1.15 bits per heavy atom. The number of hydrogen-bond donors (Lipinski definition) is 2. The van der Waals surface area contributed by atoms with Crippen LogP contribution in [0.15, 0.2) is 41.2 Å². The van der Waals surface area contributed by atoms with Crippen LogP contribution < -0.4 is 10.9 Å². The first kappa shape index (κ1) is 30.8. The van der Waals surface area contributed by atoms with E-state index < -0.39 is 30.5 Å². The van der Waals surface area contributed by atoms with Gasteiger partial charge in [-0.3, -0.25) is 14.4 Å². The molecule has 2 aromatic heterocycles. The fourth-order valence-corrected chi connectivity index (χ4v) is 4.10. The predicted molar refractivity (Wildman–Crippen MR) is 144 cm³/mol. The molecule has 0 aliphatic carbocycles. The second-order valence-corrected chi connectivity index (χ2v) is 7.77. The van der Waals surface area contributed by atoms with Crippen molar-refractivity contribution in [3.63, 3.8) is 0 Å². The SMILES string of the molecule is C=O.CC.CC.O=C(CCO)NCC(=O)OC1C(=O)OCc2c1cc1n(c2=O)Cc2cc3ccccc3nc2-1. The molecule has 0 saturated heterocycles. The molecule has 4 heterocycles. The number of nitrogens with zero attached hydrogens (tertiary/aromatic N) is 2. The molecule has 1 aromatic carbocycles. The number of aliphatic hydroxyl groups is 1. The van der Waals surface area contributed by atoms with Crippen molar-refractivity contribution in [2.75, 3.05) is 13.2 Å². The van der Waals surface area contributed by atoms with Gasteiger partial charge in [0.25, 0.3) is 5.56 Å². The lowest BCUT2D eigenvalue weighted by atomic mass is 10.00. The lowest BCUT2D eigenvalue weighted by Crippen LogP contribution is -2.37. The van der Waals surface area contributed by atoms with Gasteiger partial charge in [-0.1, -0.05) is 45.9 Å². The second kappa shape index (κ2) is 14.5. The van der Waals surface area contributed by atoms with Crippen LogP contribution in [0.1, 0.15) is 56.9 Å². The average molecular weight is 540 g/mol. The normalized spacial score (nSPS) is 13.9. The number of pyridine rings is 2. The molecule has 0 fully saturated rings. The minimum absolute atomic E-state index is 0.161. The number of aromatic nitrogens is 2. The molecule has 2 aliphatic rings. The van der Waals surface area contributed by atoms with E-state index >= 15 is 0 Å². The van der Waals surface area contributed by atoms with Crippen LogP contribution in [0.5, 0.6) is 0 Å². The van der Waals surface area contributed by atoms with E-state index in [4.69, 9.17) is 24.4 Å². The van der Waals surface area contributed by atoms with Crippen molar-refractivity contribution in [3.8, 4) is 11.4 Å². The molecule has 3 aromatic rings. The van der Waals surface area contributed by atoms with Gasteiger partial charge < -0.3 is 29.3 Å². The average Bonchev–Trinajstić information content (AvgIpc) is 3.33. The molecular formula is C28H33N3O8. The topological polar surface area (TPSA) is 154 Å². The molecular weight excluding hydrogens is 506 g/mol. The number of para-hydroxylation sites is 1. The van der Waals surface area contributed by atoms with Gasteiger partial charge >= 0.3 is 11.9 Å². The highest BCUT2D eigenvalue weighted by atomic mass is 16.6. The van der Waals surface area contributed by atoms with E-state index in [1.807, 2.05) is 64.8 Å². The van der Waals surface area contributed by atoms with Crippen LogP contribution in [0.2, 0.25) is 0 Å². The van der Waals surface area contributed by atoms with E-state index in [0.29, 0.717) is 17.9 Å². The molecule has 0 spiro atoms. The molecule has 0 saturated carbocycles. The number of rotatable bonds is 5. The van der Waals surface area contributed by atoms with E-state index in [-0.39, 0.29) is 36.3 Å². The zero-order valence-corrected chi connectivity index (χ0v) is 22.5. The fraction of sp³-hybridized carbons (Fsp3) is 0.357. The minimum atomic E-state index is -1.43. The van der Waals surface area contributed by atoms with Gasteiger partial charge in [0, 0.05) is 22.9 Å². The van der Waals surface area contributed by atoms with E-state index in [2.05, 4.69) is 5.32 Å². The largest absolute Gasteiger partial charge is 0.458 e. The molecule has 1 amide bonds. The Labute approximate surface area is 225 Å². The van der Waals surface area contributed by atoms with Gasteiger partial charge in [0.05, 0.1) is 35.6 Å². The van der Waals surface area contributed by atoms with Crippen LogP contribution in [0.25, 0.3) is 22.3 Å². The maximum atomic E-state index is 13.2. The molecule has 11 heteroatoms. The van der Waals surface area contributed by atoms with Gasteiger partial charge in [0.1, 0.15) is 19.9 Å². The fourth-order valence-electron chi connectivity index (χ4n) is 4.10. The summed E-state index contributed by atoms with van der Waals surface area (Å²) in [5.41, 5.74) is 2.96. The Kier molecular flexibility index (Phi) is 11.5. The molecule has 0 radical (unpaired) electrons. The number of nitrogens with one attached hydrogen (secondary N) is 1. The Bertz CT molecular complexity index is 1400. The van der Waals surface area contributed by atoms with Gasteiger partial charge in [0.2, 0.25) is 12.0 Å². The van der Waals surface area contributed by atoms with Crippen LogP contribution in [0.3, 0.4) is 0 Å². The standard InChI is InChI=1S/C23H19N3O7.2C2H6.CH2O/c27-6-5-18(28)24-9-19(29)33-21-14-8-17-20-13(7-12-3-1-2-4-16(12)25-20)10-26(17)22(30)15(14)11-32-23(21)31;3*1-2/h1-4,7-8,21,27H,5-6,9-11H2,(H,24,28);2*1-2H3;1H2. The third kappa shape index (κ3) is 6.55. The van der Waals surface area contributed by atoms with Crippen molar-refractivity contribution < 1.29 is 33.8 Å². The number of benzene rings is 1. The number of amides is 1. The quantitative estimate of drug-likeness (QED) is 0.364. The molecule has 5 rings (SSSR count). The highest BCUT2D eigenvalue weighted by molar-refractivity contribution is 5.87. The summed E-state index contributed by atoms with van der Waals surface area (Å²) in [6, 6.07) is 11.2. The highest BCUT2D eigenvalue weighted by Gasteiger charge is 2.37. The van der Waals surface area contributed by atoms with E-state index in [0.717, 1.165) is 16.5 Å². The minimum Gasteiger partial charge on any atom is -0.458 e. The van der Waals surface area contributed by atoms with E-state index in [9.17, 15) is 19.2 Å². The number of hydrogen-bond acceptors (Lipinski definition) is 9. The summed E-state index contributed by atoms with van der Waals surface area (Å²) >= 11 is 0. The number of ether oxygens (including phenoxy) is 2. The molecule has 1 unspecified atom stereocenters. The van der Waals surface area contributed by atoms with Crippen molar-refractivity contribution in [2.45, 2.75) is 53.4 Å². The smallest absolute Gasteiger partial charge is 0.352 e. The van der Waals surface area contributed by atoms with Crippen molar-refractivity contribution in [1.29, 1.82) is 0 Å². The maximum Gasteiger partial charge on any atom is 0.352 e. The number of fused-ring (bicyclic) bond motifs is 5. The summed E-state index contributed by atoms with van der Waals surface area (Å²) < 4.78 is 11.9. The molecule has 0 bridgehead atoms. The molecule has 39 heavy (non-hydrogen) atoms. The summed E-state index contributed by atoms with van der Waals surface area (Å²) in [5, 5.41) is 12.0. The van der Waals surface area contributed by atoms with Crippen LogP contribution in [0, 0.1) is 0 Å². The summed E-state index contributed by atoms with van der Waals surface area (Å²) in [6.07, 6.45) is -1.59. The lowest BCUT2D eigenvalue weighted by Gasteiger charge is -2.25. The first-order chi connectivity index (χ1) is 19.0. The van der Waals surface area contributed by atoms with Crippen molar-refractivity contribution >= 4 is 35.5 Å².